The third-order valence-electron chi connectivity index (χ3n) is 1.82. The summed E-state index contributed by atoms with van der Waals surface area (Å²) >= 11 is 1.62. The highest BCUT2D eigenvalue weighted by atomic mass is 32.1. The van der Waals surface area contributed by atoms with Gasteiger partial charge in [0.05, 0.1) is 12.1 Å². The molecule has 0 aliphatic rings. The molecule has 2 atom stereocenters. The predicted octanol–water partition coefficient (Wildman–Crippen LogP) is 1.27. The normalized spacial score (nSPS) is 15.0. The summed E-state index contributed by atoms with van der Waals surface area (Å²) in [5.41, 5.74) is 6.55. The van der Waals surface area contributed by atoms with Gasteiger partial charge in [-0.2, -0.15) is 11.3 Å². The van der Waals surface area contributed by atoms with Crippen LogP contribution in [0.1, 0.15) is 25.5 Å². The Morgan fingerprint density at radius 2 is 2.31 bits per heavy atom. The van der Waals surface area contributed by atoms with Gasteiger partial charge in [0.15, 0.2) is 0 Å². The van der Waals surface area contributed by atoms with E-state index in [2.05, 4.69) is 5.32 Å². The van der Waals surface area contributed by atoms with Crippen LogP contribution in [0.2, 0.25) is 0 Å². The Labute approximate surface area is 81.9 Å². The Bertz CT molecular complexity index is 269. The molecule has 0 fully saturated rings. The molecule has 72 valence electrons. The summed E-state index contributed by atoms with van der Waals surface area (Å²) in [6, 6.07) is 1.60. The summed E-state index contributed by atoms with van der Waals surface area (Å²) in [6.45, 7) is 3.62. The summed E-state index contributed by atoms with van der Waals surface area (Å²) in [5, 5.41) is 6.83. The van der Waals surface area contributed by atoms with Gasteiger partial charge in [-0.05, 0) is 36.2 Å². The maximum Gasteiger partial charge on any atom is 0.237 e. The van der Waals surface area contributed by atoms with E-state index in [0.717, 1.165) is 5.56 Å². The molecule has 1 rings (SSSR count). The quantitative estimate of drug-likeness (QED) is 0.768. The lowest BCUT2D eigenvalue weighted by Gasteiger charge is -2.14. The molecule has 0 bridgehead atoms. The van der Waals surface area contributed by atoms with Crippen molar-refractivity contribution in [3.63, 3.8) is 0 Å². The molecule has 0 spiro atoms. The standard InChI is InChI=1S/C9H14N2OS/c1-6(10)9(12)11-7(2)8-3-4-13-5-8/h3-7H,10H2,1-2H3,(H,11,12). The van der Waals surface area contributed by atoms with Crippen LogP contribution in [0.15, 0.2) is 16.8 Å². The van der Waals surface area contributed by atoms with Crippen molar-refractivity contribution in [3.05, 3.63) is 22.4 Å². The van der Waals surface area contributed by atoms with E-state index in [1.807, 2.05) is 23.8 Å². The minimum atomic E-state index is -0.443. The fourth-order valence-electron chi connectivity index (χ4n) is 0.950. The molecule has 2 unspecified atom stereocenters. The number of carbonyl (C=O) groups excluding carboxylic acids is 1. The molecule has 0 aliphatic heterocycles. The van der Waals surface area contributed by atoms with Gasteiger partial charge in [0, 0.05) is 0 Å². The molecule has 1 heterocycles. The lowest BCUT2D eigenvalue weighted by Crippen LogP contribution is -2.39. The average molecular weight is 198 g/mol. The topological polar surface area (TPSA) is 55.1 Å². The van der Waals surface area contributed by atoms with E-state index in [1.165, 1.54) is 0 Å². The van der Waals surface area contributed by atoms with Crippen LogP contribution in [0.4, 0.5) is 0 Å². The van der Waals surface area contributed by atoms with Crippen molar-refractivity contribution < 1.29 is 4.79 Å². The van der Waals surface area contributed by atoms with Crippen LogP contribution < -0.4 is 11.1 Å². The van der Waals surface area contributed by atoms with Crippen molar-refractivity contribution in [3.8, 4) is 0 Å². The van der Waals surface area contributed by atoms with E-state index >= 15 is 0 Å². The second kappa shape index (κ2) is 4.39. The van der Waals surface area contributed by atoms with Crippen LogP contribution >= 0.6 is 11.3 Å². The molecule has 0 radical (unpaired) electrons. The van der Waals surface area contributed by atoms with Gasteiger partial charge >= 0.3 is 0 Å². The molecule has 0 aliphatic carbocycles. The molecule has 4 heteroatoms. The van der Waals surface area contributed by atoms with E-state index in [-0.39, 0.29) is 11.9 Å². The van der Waals surface area contributed by atoms with Crippen LogP contribution in [0.3, 0.4) is 0 Å². The van der Waals surface area contributed by atoms with Crippen molar-refractivity contribution in [1.29, 1.82) is 0 Å². The number of hydrogen-bond donors (Lipinski definition) is 2. The second-order valence-corrected chi connectivity index (χ2v) is 3.86. The summed E-state index contributed by atoms with van der Waals surface area (Å²) in [6.07, 6.45) is 0. The maximum atomic E-state index is 11.2. The first-order chi connectivity index (χ1) is 6.11. The van der Waals surface area contributed by atoms with Gasteiger partial charge < -0.3 is 11.1 Å². The van der Waals surface area contributed by atoms with Gasteiger partial charge in [0.2, 0.25) is 5.91 Å². The van der Waals surface area contributed by atoms with Crippen molar-refractivity contribution in [2.24, 2.45) is 5.73 Å². The SMILES string of the molecule is CC(N)C(=O)NC(C)c1ccsc1. The Hall–Kier alpha value is -0.870. The highest BCUT2D eigenvalue weighted by molar-refractivity contribution is 7.07. The number of hydrogen-bond acceptors (Lipinski definition) is 3. The van der Waals surface area contributed by atoms with Gasteiger partial charge in [-0.15, -0.1) is 0 Å². The summed E-state index contributed by atoms with van der Waals surface area (Å²) < 4.78 is 0. The number of amides is 1. The van der Waals surface area contributed by atoms with E-state index in [9.17, 15) is 4.79 Å². The van der Waals surface area contributed by atoms with Gasteiger partial charge in [-0.3, -0.25) is 4.79 Å². The lowest BCUT2D eigenvalue weighted by molar-refractivity contribution is -0.122. The van der Waals surface area contributed by atoms with E-state index in [4.69, 9.17) is 5.73 Å². The van der Waals surface area contributed by atoms with Crippen LogP contribution in [-0.4, -0.2) is 11.9 Å². The third kappa shape index (κ3) is 2.82. The molecule has 0 saturated carbocycles. The Kier molecular flexibility index (Phi) is 3.45. The lowest BCUT2D eigenvalue weighted by atomic mass is 10.2. The van der Waals surface area contributed by atoms with Gasteiger partial charge in [-0.25, -0.2) is 0 Å². The molecule has 1 amide bonds. The largest absolute Gasteiger partial charge is 0.348 e. The van der Waals surface area contributed by atoms with Crippen molar-refractivity contribution in [1.82, 2.24) is 5.32 Å². The molecule has 1 aromatic rings. The van der Waals surface area contributed by atoms with Gasteiger partial charge in [-0.1, -0.05) is 0 Å². The first kappa shape index (κ1) is 10.2. The Balaban J connectivity index is 2.51. The molecule has 0 aromatic carbocycles. The second-order valence-electron chi connectivity index (χ2n) is 3.08. The number of nitrogens with one attached hydrogen (secondary N) is 1. The molecule has 1 aromatic heterocycles. The van der Waals surface area contributed by atoms with Crippen molar-refractivity contribution >= 4 is 17.2 Å². The highest BCUT2D eigenvalue weighted by Crippen LogP contribution is 2.15. The number of carbonyl (C=O) groups is 1. The van der Waals surface area contributed by atoms with E-state index in [1.54, 1.807) is 18.3 Å². The molecular formula is C9H14N2OS. The predicted molar refractivity (Wildman–Crippen MR) is 54.5 cm³/mol. The molecule has 0 saturated heterocycles. The van der Waals surface area contributed by atoms with Crippen LogP contribution in [0.5, 0.6) is 0 Å². The minimum absolute atomic E-state index is 0.0461. The first-order valence-corrected chi connectivity index (χ1v) is 5.13. The van der Waals surface area contributed by atoms with Crippen LogP contribution in [0, 0.1) is 0 Å². The molecule has 3 nitrogen and oxygen atoms in total. The van der Waals surface area contributed by atoms with E-state index < -0.39 is 6.04 Å². The average Bonchev–Trinajstić information content (AvgIpc) is 2.55. The third-order valence-corrected chi connectivity index (χ3v) is 2.52. The molecule has 13 heavy (non-hydrogen) atoms. The first-order valence-electron chi connectivity index (χ1n) is 4.19. The smallest absolute Gasteiger partial charge is 0.237 e. The Morgan fingerprint density at radius 3 is 2.77 bits per heavy atom. The number of nitrogens with two attached hydrogens (primary N) is 1. The van der Waals surface area contributed by atoms with Gasteiger partial charge in [0.1, 0.15) is 0 Å². The molecule has 3 N–H and O–H groups in total. The van der Waals surface area contributed by atoms with Crippen LogP contribution in [-0.2, 0) is 4.79 Å². The zero-order valence-electron chi connectivity index (χ0n) is 7.78. The van der Waals surface area contributed by atoms with E-state index in [0.29, 0.717) is 0 Å². The Morgan fingerprint density at radius 1 is 1.62 bits per heavy atom. The summed E-state index contributed by atoms with van der Waals surface area (Å²) in [5.74, 6) is -0.112. The number of rotatable bonds is 3. The van der Waals surface area contributed by atoms with Gasteiger partial charge in [0.25, 0.3) is 0 Å². The minimum Gasteiger partial charge on any atom is -0.348 e. The zero-order valence-corrected chi connectivity index (χ0v) is 8.60. The van der Waals surface area contributed by atoms with Crippen LogP contribution in [0.25, 0.3) is 0 Å². The maximum absolute atomic E-state index is 11.2. The monoisotopic (exact) mass is 198 g/mol. The number of thiophene rings is 1. The fraction of sp³-hybridized carbons (Fsp3) is 0.444. The van der Waals surface area contributed by atoms with Crippen molar-refractivity contribution in [2.45, 2.75) is 25.9 Å². The molecular weight excluding hydrogens is 184 g/mol. The summed E-state index contributed by atoms with van der Waals surface area (Å²) in [4.78, 5) is 11.2. The zero-order chi connectivity index (χ0) is 9.84. The fourth-order valence-corrected chi connectivity index (χ4v) is 1.70. The van der Waals surface area contributed by atoms with Crippen molar-refractivity contribution in [2.75, 3.05) is 0 Å². The summed E-state index contributed by atoms with van der Waals surface area (Å²) in [7, 11) is 0. The highest BCUT2D eigenvalue weighted by Gasteiger charge is 2.12.